The number of benzene rings is 1. The number of ether oxygens (including phenoxy) is 1. The summed E-state index contributed by atoms with van der Waals surface area (Å²) in [6.45, 7) is 1.49. The van der Waals surface area contributed by atoms with Crippen LogP contribution < -0.4 is 4.74 Å². The molecule has 0 saturated heterocycles. The highest BCUT2D eigenvalue weighted by molar-refractivity contribution is 6.32. The lowest BCUT2D eigenvalue weighted by molar-refractivity contribution is 0.261. The van der Waals surface area contributed by atoms with E-state index in [2.05, 4.69) is 10.00 Å². The summed E-state index contributed by atoms with van der Waals surface area (Å²) < 4.78 is 7.54. The van der Waals surface area contributed by atoms with Gasteiger partial charge in [-0.25, -0.2) is 0 Å². The summed E-state index contributed by atoms with van der Waals surface area (Å²) in [6, 6.07) is 5.91. The van der Waals surface area contributed by atoms with Crippen LogP contribution in [-0.2, 0) is 13.5 Å². The van der Waals surface area contributed by atoms with Gasteiger partial charge in [-0.2, -0.15) is 5.10 Å². The fraction of sp³-hybridized carbons (Fsp3) is 0.400. The highest BCUT2D eigenvalue weighted by Crippen LogP contribution is 2.26. The van der Waals surface area contributed by atoms with Crippen LogP contribution in [0.15, 0.2) is 30.6 Å². The van der Waals surface area contributed by atoms with Crippen molar-refractivity contribution in [1.29, 1.82) is 0 Å². The van der Waals surface area contributed by atoms with Crippen molar-refractivity contribution in [1.82, 2.24) is 14.7 Å². The van der Waals surface area contributed by atoms with Crippen LogP contribution in [0.4, 0.5) is 0 Å². The Morgan fingerprint density at radius 1 is 1.30 bits per heavy atom. The van der Waals surface area contributed by atoms with Crippen molar-refractivity contribution in [2.75, 3.05) is 27.2 Å². The second kappa shape index (κ2) is 6.77. The van der Waals surface area contributed by atoms with E-state index in [1.165, 1.54) is 11.1 Å². The van der Waals surface area contributed by atoms with Gasteiger partial charge in [0.1, 0.15) is 12.4 Å². The summed E-state index contributed by atoms with van der Waals surface area (Å²) in [5.41, 5.74) is 2.34. The topological polar surface area (TPSA) is 30.3 Å². The van der Waals surface area contributed by atoms with Gasteiger partial charge in [-0.15, -0.1) is 0 Å². The van der Waals surface area contributed by atoms with E-state index in [4.69, 9.17) is 16.3 Å². The number of aryl methyl sites for hydroxylation is 1. The van der Waals surface area contributed by atoms with Crippen LogP contribution >= 0.6 is 11.6 Å². The molecule has 108 valence electrons. The molecule has 4 nitrogen and oxygen atoms in total. The van der Waals surface area contributed by atoms with Gasteiger partial charge >= 0.3 is 0 Å². The number of likely N-dealkylation sites (N-methyl/N-ethyl adjacent to an activating group) is 1. The summed E-state index contributed by atoms with van der Waals surface area (Å²) in [7, 11) is 5.95. The molecule has 0 bridgehead atoms. The van der Waals surface area contributed by atoms with Crippen LogP contribution in [0.1, 0.15) is 11.1 Å². The average Bonchev–Trinajstić information content (AvgIpc) is 2.78. The molecule has 0 amide bonds. The summed E-state index contributed by atoms with van der Waals surface area (Å²) >= 11 is 6.16. The molecule has 1 aromatic heterocycles. The summed E-state index contributed by atoms with van der Waals surface area (Å²) in [6.07, 6.45) is 4.72. The molecule has 0 unspecified atom stereocenters. The first-order valence-corrected chi connectivity index (χ1v) is 6.96. The molecule has 0 radical (unpaired) electrons. The van der Waals surface area contributed by atoms with Gasteiger partial charge in [-0.05, 0) is 37.4 Å². The van der Waals surface area contributed by atoms with E-state index in [9.17, 15) is 0 Å². The molecule has 2 rings (SSSR count). The number of halogens is 1. The minimum absolute atomic E-state index is 0.628. The van der Waals surface area contributed by atoms with Gasteiger partial charge in [-0.3, -0.25) is 4.68 Å². The van der Waals surface area contributed by atoms with Gasteiger partial charge in [0.2, 0.25) is 0 Å². The van der Waals surface area contributed by atoms with Crippen molar-refractivity contribution in [3.8, 4) is 5.75 Å². The Morgan fingerprint density at radius 2 is 2.10 bits per heavy atom. The van der Waals surface area contributed by atoms with Crippen molar-refractivity contribution in [2.24, 2.45) is 7.05 Å². The zero-order chi connectivity index (χ0) is 14.5. The van der Waals surface area contributed by atoms with E-state index >= 15 is 0 Å². The second-order valence-corrected chi connectivity index (χ2v) is 5.52. The molecule has 0 aliphatic rings. The average molecular weight is 294 g/mol. The molecule has 5 heteroatoms. The maximum atomic E-state index is 6.16. The maximum Gasteiger partial charge on any atom is 0.138 e. The fourth-order valence-corrected chi connectivity index (χ4v) is 2.08. The predicted molar refractivity (Wildman–Crippen MR) is 81.5 cm³/mol. The van der Waals surface area contributed by atoms with Crippen molar-refractivity contribution in [3.05, 3.63) is 46.7 Å². The van der Waals surface area contributed by atoms with Gasteiger partial charge in [0.05, 0.1) is 11.2 Å². The Balaban J connectivity index is 2.03. The monoisotopic (exact) mass is 293 g/mol. The number of hydrogen-bond donors (Lipinski definition) is 0. The van der Waals surface area contributed by atoms with Crippen molar-refractivity contribution < 1.29 is 4.74 Å². The molecule has 1 aromatic carbocycles. The minimum atomic E-state index is 0.628. The zero-order valence-electron chi connectivity index (χ0n) is 12.1. The molecule has 20 heavy (non-hydrogen) atoms. The van der Waals surface area contributed by atoms with Crippen LogP contribution in [0, 0.1) is 0 Å². The lowest BCUT2D eigenvalue weighted by Gasteiger charge is -2.13. The second-order valence-electron chi connectivity index (χ2n) is 5.12. The SMILES string of the molecule is CN(C)CCOc1cc(Cc2cnn(C)c2)ccc1Cl. The first-order valence-electron chi connectivity index (χ1n) is 6.58. The van der Waals surface area contributed by atoms with Crippen LogP contribution in [0.2, 0.25) is 5.02 Å². The van der Waals surface area contributed by atoms with E-state index < -0.39 is 0 Å². The molecular formula is C15H20ClN3O. The van der Waals surface area contributed by atoms with Crippen LogP contribution in [0.25, 0.3) is 0 Å². The normalized spacial score (nSPS) is 11.1. The smallest absolute Gasteiger partial charge is 0.138 e. The molecule has 0 atom stereocenters. The van der Waals surface area contributed by atoms with Crippen LogP contribution in [-0.4, -0.2) is 41.9 Å². The highest BCUT2D eigenvalue weighted by atomic mass is 35.5. The van der Waals surface area contributed by atoms with E-state index in [1.807, 2.05) is 51.7 Å². The molecular weight excluding hydrogens is 274 g/mol. The number of aromatic nitrogens is 2. The van der Waals surface area contributed by atoms with Crippen molar-refractivity contribution in [3.63, 3.8) is 0 Å². The van der Waals surface area contributed by atoms with Gasteiger partial charge in [-0.1, -0.05) is 17.7 Å². The molecule has 0 spiro atoms. The maximum absolute atomic E-state index is 6.16. The third-order valence-corrected chi connectivity index (χ3v) is 3.27. The molecule has 0 N–H and O–H groups in total. The van der Waals surface area contributed by atoms with Crippen molar-refractivity contribution >= 4 is 11.6 Å². The minimum Gasteiger partial charge on any atom is -0.491 e. The van der Waals surface area contributed by atoms with Crippen LogP contribution in [0.3, 0.4) is 0 Å². The first kappa shape index (κ1) is 14.9. The predicted octanol–water partition coefficient (Wildman–Crippen LogP) is 2.60. The van der Waals surface area contributed by atoms with Crippen molar-refractivity contribution in [2.45, 2.75) is 6.42 Å². The quantitative estimate of drug-likeness (QED) is 0.820. The number of rotatable bonds is 6. The molecule has 0 aliphatic heterocycles. The Kier molecular flexibility index (Phi) is 5.04. The van der Waals surface area contributed by atoms with E-state index in [1.54, 1.807) is 4.68 Å². The third kappa shape index (κ3) is 4.25. The Bertz CT molecular complexity index is 566. The third-order valence-electron chi connectivity index (χ3n) is 2.96. The van der Waals surface area contributed by atoms with Crippen LogP contribution in [0.5, 0.6) is 5.75 Å². The van der Waals surface area contributed by atoms with Gasteiger partial charge in [0.15, 0.2) is 0 Å². The number of hydrogen-bond acceptors (Lipinski definition) is 3. The summed E-state index contributed by atoms with van der Waals surface area (Å²) in [5, 5.41) is 4.83. The molecule has 0 aliphatic carbocycles. The Morgan fingerprint density at radius 3 is 2.75 bits per heavy atom. The zero-order valence-corrected chi connectivity index (χ0v) is 12.9. The molecule has 0 fully saturated rings. The van der Waals surface area contributed by atoms with E-state index in [0.717, 1.165) is 18.7 Å². The summed E-state index contributed by atoms with van der Waals surface area (Å²) in [5.74, 6) is 0.745. The largest absolute Gasteiger partial charge is 0.491 e. The summed E-state index contributed by atoms with van der Waals surface area (Å²) in [4.78, 5) is 2.08. The lowest BCUT2D eigenvalue weighted by atomic mass is 10.1. The number of nitrogens with zero attached hydrogens (tertiary/aromatic N) is 3. The molecule has 2 aromatic rings. The fourth-order valence-electron chi connectivity index (χ4n) is 1.91. The van der Waals surface area contributed by atoms with Gasteiger partial charge in [0, 0.05) is 26.2 Å². The standard InChI is InChI=1S/C15H20ClN3O/c1-18(2)6-7-20-15-9-12(4-5-14(15)16)8-13-10-17-19(3)11-13/h4-5,9-11H,6-8H2,1-3H3. The van der Waals surface area contributed by atoms with Gasteiger partial charge in [0.25, 0.3) is 0 Å². The first-order chi connectivity index (χ1) is 9.54. The molecule has 1 heterocycles. The van der Waals surface area contributed by atoms with Gasteiger partial charge < -0.3 is 9.64 Å². The van der Waals surface area contributed by atoms with E-state index in [0.29, 0.717) is 11.6 Å². The molecule has 0 saturated carbocycles. The lowest BCUT2D eigenvalue weighted by Crippen LogP contribution is -2.19. The highest BCUT2D eigenvalue weighted by Gasteiger charge is 2.05. The Labute approximate surface area is 124 Å². The Hall–Kier alpha value is -1.52. The van der Waals surface area contributed by atoms with E-state index in [-0.39, 0.29) is 0 Å².